The molecular formula is C9H20ClNO3S. The predicted octanol–water partition coefficient (Wildman–Crippen LogP) is 0.943. The minimum absolute atomic E-state index is 0.0263. The molecule has 4 nitrogen and oxygen atoms in total. The first-order valence-corrected chi connectivity index (χ1v) is 7.34. The molecule has 1 unspecified atom stereocenters. The number of halogens is 1. The maximum absolute atomic E-state index is 11.4. The Morgan fingerprint density at radius 1 is 1.33 bits per heavy atom. The third-order valence-corrected chi connectivity index (χ3v) is 4.10. The molecule has 0 aromatic carbocycles. The van der Waals surface area contributed by atoms with Crippen molar-refractivity contribution < 1.29 is 13.5 Å². The average molecular weight is 258 g/mol. The van der Waals surface area contributed by atoms with Crippen molar-refractivity contribution in [3.63, 3.8) is 0 Å². The van der Waals surface area contributed by atoms with E-state index in [9.17, 15) is 8.42 Å². The largest absolute Gasteiger partial charge is 0.396 e. The number of hydrogen-bond donors (Lipinski definition) is 2. The summed E-state index contributed by atoms with van der Waals surface area (Å²) in [6, 6.07) is 0. The lowest BCUT2D eigenvalue weighted by atomic mass is 10.2. The summed E-state index contributed by atoms with van der Waals surface area (Å²) in [5.41, 5.74) is 0. The fraction of sp³-hybridized carbons (Fsp3) is 1.00. The maximum Gasteiger partial charge on any atom is 0.211 e. The van der Waals surface area contributed by atoms with E-state index in [1.54, 1.807) is 6.92 Å². The zero-order valence-corrected chi connectivity index (χ0v) is 10.6. The lowest BCUT2D eigenvalue weighted by molar-refractivity contribution is 0.283. The molecule has 0 bridgehead atoms. The first-order valence-electron chi connectivity index (χ1n) is 5.16. The van der Waals surface area contributed by atoms with Gasteiger partial charge in [-0.3, -0.25) is 0 Å². The van der Waals surface area contributed by atoms with Gasteiger partial charge in [-0.05, 0) is 25.2 Å². The fourth-order valence-corrected chi connectivity index (χ4v) is 2.80. The van der Waals surface area contributed by atoms with E-state index in [0.717, 1.165) is 19.3 Å². The van der Waals surface area contributed by atoms with Gasteiger partial charge in [-0.1, -0.05) is 6.92 Å². The van der Waals surface area contributed by atoms with Crippen LogP contribution in [0.1, 0.15) is 26.2 Å². The highest BCUT2D eigenvalue weighted by atomic mass is 35.5. The van der Waals surface area contributed by atoms with Crippen LogP contribution >= 0.6 is 11.6 Å². The molecule has 0 aromatic rings. The van der Waals surface area contributed by atoms with Gasteiger partial charge in [0.15, 0.2) is 0 Å². The monoisotopic (exact) mass is 257 g/mol. The quantitative estimate of drug-likeness (QED) is 0.477. The number of sulfonamides is 1. The molecule has 0 saturated heterocycles. The first-order chi connectivity index (χ1) is 7.02. The minimum atomic E-state index is -3.18. The van der Waals surface area contributed by atoms with Gasteiger partial charge in [0.25, 0.3) is 0 Å². The molecular weight excluding hydrogens is 238 g/mol. The van der Waals surface area contributed by atoms with Crippen LogP contribution in [0.15, 0.2) is 0 Å². The van der Waals surface area contributed by atoms with Crippen molar-refractivity contribution in [1.29, 1.82) is 0 Å². The molecule has 0 saturated carbocycles. The van der Waals surface area contributed by atoms with E-state index in [2.05, 4.69) is 4.72 Å². The molecule has 15 heavy (non-hydrogen) atoms. The van der Waals surface area contributed by atoms with Crippen LogP contribution in [0, 0.1) is 5.92 Å². The number of unbranched alkanes of at least 4 members (excludes halogenated alkanes) is 2. The fourth-order valence-electron chi connectivity index (χ4n) is 1.12. The van der Waals surface area contributed by atoms with Crippen LogP contribution in [0.5, 0.6) is 0 Å². The maximum atomic E-state index is 11.4. The molecule has 0 radical (unpaired) electrons. The molecule has 0 fully saturated rings. The summed E-state index contributed by atoms with van der Waals surface area (Å²) in [6.07, 6.45) is 2.32. The molecule has 0 aliphatic carbocycles. The van der Waals surface area contributed by atoms with Crippen LogP contribution in [-0.2, 0) is 10.0 Å². The SMILES string of the molecule is CC(CCl)CS(=O)(=O)NCCCCCO. The summed E-state index contributed by atoms with van der Waals surface area (Å²) in [5.74, 6) is 0.406. The number of alkyl halides is 1. The normalized spacial score (nSPS) is 14.1. The van der Waals surface area contributed by atoms with E-state index >= 15 is 0 Å². The van der Waals surface area contributed by atoms with E-state index in [4.69, 9.17) is 16.7 Å². The Balaban J connectivity index is 3.65. The number of rotatable bonds is 9. The molecule has 6 heteroatoms. The lowest BCUT2D eigenvalue weighted by Gasteiger charge is -2.09. The van der Waals surface area contributed by atoms with Crippen LogP contribution in [0.2, 0.25) is 0 Å². The highest BCUT2D eigenvalue weighted by Gasteiger charge is 2.13. The molecule has 0 aliphatic heterocycles. The smallest absolute Gasteiger partial charge is 0.211 e. The van der Waals surface area contributed by atoms with Gasteiger partial charge in [-0.25, -0.2) is 13.1 Å². The van der Waals surface area contributed by atoms with Crippen molar-refractivity contribution in [3.8, 4) is 0 Å². The molecule has 0 amide bonds. The van der Waals surface area contributed by atoms with E-state index in [1.807, 2.05) is 0 Å². The third kappa shape index (κ3) is 9.11. The second-order valence-corrected chi connectivity index (χ2v) is 5.88. The van der Waals surface area contributed by atoms with Crippen molar-refractivity contribution in [2.75, 3.05) is 24.8 Å². The molecule has 0 aromatic heterocycles. The van der Waals surface area contributed by atoms with Gasteiger partial charge in [0.05, 0.1) is 5.75 Å². The highest BCUT2D eigenvalue weighted by Crippen LogP contribution is 2.02. The van der Waals surface area contributed by atoms with Crippen LogP contribution in [0.4, 0.5) is 0 Å². The van der Waals surface area contributed by atoms with Crippen molar-refractivity contribution in [1.82, 2.24) is 4.72 Å². The minimum Gasteiger partial charge on any atom is -0.396 e. The number of nitrogens with one attached hydrogen (secondary N) is 1. The third-order valence-electron chi connectivity index (χ3n) is 1.92. The zero-order chi connectivity index (χ0) is 11.7. The van der Waals surface area contributed by atoms with Crippen LogP contribution in [0.3, 0.4) is 0 Å². The summed E-state index contributed by atoms with van der Waals surface area (Å²) in [4.78, 5) is 0. The topological polar surface area (TPSA) is 66.4 Å². The summed E-state index contributed by atoms with van der Waals surface area (Å²) in [6.45, 7) is 2.41. The van der Waals surface area contributed by atoms with Crippen molar-refractivity contribution in [2.45, 2.75) is 26.2 Å². The van der Waals surface area contributed by atoms with Gasteiger partial charge in [0, 0.05) is 19.0 Å². The summed E-state index contributed by atoms with van der Waals surface area (Å²) < 4.78 is 25.3. The molecule has 0 rings (SSSR count). The zero-order valence-electron chi connectivity index (χ0n) is 9.08. The number of aliphatic hydroxyl groups excluding tert-OH is 1. The van der Waals surface area contributed by atoms with Gasteiger partial charge < -0.3 is 5.11 Å². The van der Waals surface area contributed by atoms with Gasteiger partial charge in [0.1, 0.15) is 0 Å². The molecule has 92 valence electrons. The first kappa shape index (κ1) is 15.2. The van der Waals surface area contributed by atoms with Gasteiger partial charge >= 0.3 is 0 Å². The van der Waals surface area contributed by atoms with E-state index < -0.39 is 10.0 Å². The van der Waals surface area contributed by atoms with E-state index in [-0.39, 0.29) is 18.3 Å². The predicted molar refractivity (Wildman–Crippen MR) is 62.6 cm³/mol. The molecule has 1 atom stereocenters. The summed E-state index contributed by atoms with van der Waals surface area (Å²) in [7, 11) is -3.18. The molecule has 0 heterocycles. The second-order valence-electron chi connectivity index (χ2n) is 3.72. The van der Waals surface area contributed by atoms with Crippen molar-refractivity contribution in [2.24, 2.45) is 5.92 Å². The Morgan fingerprint density at radius 3 is 2.53 bits per heavy atom. The molecule has 2 N–H and O–H groups in total. The number of hydrogen-bond acceptors (Lipinski definition) is 3. The Kier molecular flexibility index (Phi) is 8.42. The van der Waals surface area contributed by atoms with Gasteiger partial charge in [0.2, 0.25) is 10.0 Å². The standard InChI is InChI=1S/C9H20ClNO3S/c1-9(7-10)8-15(13,14)11-5-3-2-4-6-12/h9,11-12H,2-8H2,1H3. The number of aliphatic hydroxyl groups is 1. The van der Waals surface area contributed by atoms with E-state index in [1.165, 1.54) is 0 Å². The molecule has 0 aliphatic rings. The Morgan fingerprint density at radius 2 is 2.00 bits per heavy atom. The summed E-state index contributed by atoms with van der Waals surface area (Å²) in [5, 5.41) is 8.52. The summed E-state index contributed by atoms with van der Waals surface area (Å²) >= 11 is 5.54. The highest BCUT2D eigenvalue weighted by molar-refractivity contribution is 7.89. The average Bonchev–Trinajstić information content (AvgIpc) is 2.16. The van der Waals surface area contributed by atoms with Crippen molar-refractivity contribution in [3.05, 3.63) is 0 Å². The Labute approximate surface area is 97.1 Å². The van der Waals surface area contributed by atoms with Gasteiger partial charge in [-0.15, -0.1) is 11.6 Å². The van der Waals surface area contributed by atoms with Crippen LogP contribution < -0.4 is 4.72 Å². The second kappa shape index (κ2) is 8.33. The lowest BCUT2D eigenvalue weighted by Crippen LogP contribution is -2.30. The molecule has 0 spiro atoms. The van der Waals surface area contributed by atoms with E-state index in [0.29, 0.717) is 12.4 Å². The van der Waals surface area contributed by atoms with Crippen LogP contribution in [0.25, 0.3) is 0 Å². The van der Waals surface area contributed by atoms with Gasteiger partial charge in [-0.2, -0.15) is 0 Å². The Hall–Kier alpha value is 0.160. The van der Waals surface area contributed by atoms with Crippen LogP contribution in [-0.4, -0.2) is 38.3 Å². The Bertz CT molecular complexity index is 244. The van der Waals surface area contributed by atoms with Crippen molar-refractivity contribution >= 4 is 21.6 Å².